The van der Waals surface area contributed by atoms with E-state index in [-0.39, 0.29) is 0 Å². The Morgan fingerprint density at radius 2 is 1.30 bits per heavy atom. The molecule has 0 unspecified atom stereocenters. The van der Waals surface area contributed by atoms with Crippen LogP contribution in [0.1, 0.15) is 16.8 Å². The fraction of sp³-hybridized carbons (Fsp3) is 0.0385. The first-order valence-corrected chi connectivity index (χ1v) is 9.99. The third kappa shape index (κ3) is 1.83. The summed E-state index contributed by atoms with van der Waals surface area (Å²) in [5.74, 6) is 2.42. The minimum Gasteiger partial charge on any atom is -0.470 e. The molecule has 142 valence electrons. The summed E-state index contributed by atoms with van der Waals surface area (Å²) in [5, 5.41) is 0. The zero-order chi connectivity index (χ0) is 19.7. The Balaban J connectivity index is 1.71. The molecule has 0 fully saturated rings. The Kier molecular flexibility index (Phi) is 2.91. The lowest BCUT2D eigenvalue weighted by atomic mass is 9.77. The smallest absolute Gasteiger partial charge is 0.209 e. The van der Waals surface area contributed by atoms with Gasteiger partial charge in [-0.1, -0.05) is 54.6 Å². The molecule has 2 aliphatic rings. The third-order valence-corrected chi connectivity index (χ3v) is 6.02. The SMILES string of the molecule is c1ccc2c(c1)OC1(c3ccccc3Oc3ccccc31)c1c-2nc2ccccn12. The summed E-state index contributed by atoms with van der Waals surface area (Å²) in [5.41, 5.74) is 4.92. The maximum atomic E-state index is 6.97. The highest BCUT2D eigenvalue weighted by Gasteiger charge is 2.52. The fourth-order valence-electron chi connectivity index (χ4n) is 4.81. The number of pyridine rings is 1. The maximum absolute atomic E-state index is 6.97. The van der Waals surface area contributed by atoms with Gasteiger partial charge in [0.15, 0.2) is 0 Å². The van der Waals surface area contributed by atoms with Crippen molar-refractivity contribution in [2.45, 2.75) is 5.60 Å². The highest BCUT2D eigenvalue weighted by atomic mass is 16.5. The molecular weight excluding hydrogens is 372 g/mol. The van der Waals surface area contributed by atoms with Gasteiger partial charge >= 0.3 is 0 Å². The van der Waals surface area contributed by atoms with E-state index in [2.05, 4.69) is 28.8 Å². The van der Waals surface area contributed by atoms with Crippen LogP contribution >= 0.6 is 0 Å². The number of nitrogens with zero attached hydrogens (tertiary/aromatic N) is 2. The summed E-state index contributed by atoms with van der Waals surface area (Å²) in [6, 6.07) is 30.4. The molecule has 4 nitrogen and oxygen atoms in total. The van der Waals surface area contributed by atoms with Crippen LogP contribution in [-0.4, -0.2) is 9.38 Å². The molecule has 0 bridgehead atoms. The Morgan fingerprint density at radius 1 is 0.667 bits per heavy atom. The van der Waals surface area contributed by atoms with E-state index in [1.54, 1.807) is 0 Å². The second-order valence-corrected chi connectivity index (χ2v) is 7.61. The predicted molar refractivity (Wildman–Crippen MR) is 114 cm³/mol. The van der Waals surface area contributed by atoms with Crippen molar-refractivity contribution < 1.29 is 9.47 Å². The van der Waals surface area contributed by atoms with Gasteiger partial charge in [0.05, 0.1) is 0 Å². The summed E-state index contributed by atoms with van der Waals surface area (Å²) in [4.78, 5) is 5.03. The molecule has 4 heterocycles. The highest BCUT2D eigenvalue weighted by Crippen LogP contribution is 2.57. The number of fused-ring (bicyclic) bond motifs is 10. The number of aromatic nitrogens is 2. The van der Waals surface area contributed by atoms with Gasteiger partial charge in [-0.3, -0.25) is 4.40 Å². The van der Waals surface area contributed by atoms with Crippen LogP contribution in [0.15, 0.2) is 97.2 Å². The Hall–Kier alpha value is -4.05. The number of para-hydroxylation sites is 3. The largest absolute Gasteiger partial charge is 0.470 e. The zero-order valence-corrected chi connectivity index (χ0v) is 15.9. The number of rotatable bonds is 0. The molecule has 3 aromatic carbocycles. The van der Waals surface area contributed by atoms with Gasteiger partial charge in [-0.25, -0.2) is 4.98 Å². The Bertz CT molecular complexity index is 1420. The number of hydrogen-bond donors (Lipinski definition) is 0. The molecule has 5 aromatic rings. The van der Waals surface area contributed by atoms with Crippen molar-refractivity contribution in [2.75, 3.05) is 0 Å². The molecule has 2 aliphatic heterocycles. The number of ether oxygens (including phenoxy) is 2. The summed E-state index contributed by atoms with van der Waals surface area (Å²) in [6.45, 7) is 0. The van der Waals surface area contributed by atoms with E-state index in [0.29, 0.717) is 0 Å². The zero-order valence-electron chi connectivity index (χ0n) is 15.9. The molecule has 2 aromatic heterocycles. The molecule has 0 amide bonds. The van der Waals surface area contributed by atoms with Gasteiger partial charge in [0.2, 0.25) is 5.60 Å². The van der Waals surface area contributed by atoms with Crippen LogP contribution in [0.4, 0.5) is 0 Å². The summed E-state index contributed by atoms with van der Waals surface area (Å²) in [7, 11) is 0. The number of benzene rings is 3. The third-order valence-electron chi connectivity index (χ3n) is 6.02. The monoisotopic (exact) mass is 388 g/mol. The van der Waals surface area contributed by atoms with E-state index >= 15 is 0 Å². The second-order valence-electron chi connectivity index (χ2n) is 7.61. The quantitative estimate of drug-likeness (QED) is 0.337. The number of hydrogen-bond acceptors (Lipinski definition) is 3. The summed E-state index contributed by atoms with van der Waals surface area (Å²) in [6.07, 6.45) is 2.06. The normalized spacial score (nSPS) is 14.8. The van der Waals surface area contributed by atoms with E-state index in [4.69, 9.17) is 14.5 Å². The van der Waals surface area contributed by atoms with E-state index in [0.717, 1.165) is 51.0 Å². The van der Waals surface area contributed by atoms with Crippen LogP contribution < -0.4 is 9.47 Å². The minimum absolute atomic E-state index is 0.799. The van der Waals surface area contributed by atoms with Crippen LogP contribution in [0.3, 0.4) is 0 Å². The Labute approximate surface area is 173 Å². The lowest BCUT2D eigenvalue weighted by molar-refractivity contribution is 0.132. The van der Waals surface area contributed by atoms with Crippen LogP contribution in [0.2, 0.25) is 0 Å². The van der Waals surface area contributed by atoms with Crippen molar-refractivity contribution in [1.29, 1.82) is 0 Å². The van der Waals surface area contributed by atoms with Gasteiger partial charge in [-0.15, -0.1) is 0 Å². The number of imidazole rings is 1. The van der Waals surface area contributed by atoms with Crippen LogP contribution in [-0.2, 0) is 5.60 Å². The lowest BCUT2D eigenvalue weighted by Gasteiger charge is -2.42. The van der Waals surface area contributed by atoms with Gasteiger partial charge < -0.3 is 9.47 Å². The predicted octanol–water partition coefficient (Wildman–Crippen LogP) is 5.79. The molecule has 0 radical (unpaired) electrons. The van der Waals surface area contributed by atoms with Crippen LogP contribution in [0.25, 0.3) is 16.9 Å². The van der Waals surface area contributed by atoms with Crippen molar-refractivity contribution in [3.63, 3.8) is 0 Å². The van der Waals surface area contributed by atoms with E-state index in [1.807, 2.05) is 72.8 Å². The second kappa shape index (κ2) is 5.51. The van der Waals surface area contributed by atoms with Gasteiger partial charge in [-0.05, 0) is 36.4 Å². The summed E-state index contributed by atoms with van der Waals surface area (Å²) >= 11 is 0. The van der Waals surface area contributed by atoms with Crippen molar-refractivity contribution in [1.82, 2.24) is 9.38 Å². The van der Waals surface area contributed by atoms with E-state index in [1.165, 1.54) is 0 Å². The van der Waals surface area contributed by atoms with Gasteiger partial charge in [-0.2, -0.15) is 0 Å². The van der Waals surface area contributed by atoms with Crippen molar-refractivity contribution in [2.24, 2.45) is 0 Å². The summed E-state index contributed by atoms with van der Waals surface area (Å²) < 4.78 is 15.4. The van der Waals surface area contributed by atoms with E-state index < -0.39 is 5.60 Å². The average molecular weight is 388 g/mol. The van der Waals surface area contributed by atoms with Gasteiger partial charge in [0.25, 0.3) is 0 Å². The van der Waals surface area contributed by atoms with Gasteiger partial charge in [0.1, 0.15) is 34.3 Å². The van der Waals surface area contributed by atoms with Crippen LogP contribution in [0, 0.1) is 0 Å². The molecule has 0 N–H and O–H groups in total. The first kappa shape index (κ1) is 15.8. The average Bonchev–Trinajstić information content (AvgIpc) is 3.20. The van der Waals surface area contributed by atoms with E-state index in [9.17, 15) is 0 Å². The van der Waals surface area contributed by atoms with Crippen molar-refractivity contribution >= 4 is 5.65 Å². The molecule has 4 heteroatoms. The topological polar surface area (TPSA) is 35.8 Å². The standard InChI is InChI=1S/C26H16N2O2/c1-4-12-20-17(9-1)24-25(28-16-8-7-15-23(28)27-24)26(30-20)18-10-2-5-13-21(18)29-22-14-6-3-11-19(22)26/h1-16H. The molecular formula is C26H16N2O2. The highest BCUT2D eigenvalue weighted by molar-refractivity contribution is 5.79. The molecule has 1 spiro atoms. The molecule has 30 heavy (non-hydrogen) atoms. The van der Waals surface area contributed by atoms with Crippen molar-refractivity contribution in [3.8, 4) is 28.5 Å². The maximum Gasteiger partial charge on any atom is 0.209 e. The molecule has 0 atom stereocenters. The molecule has 0 saturated heterocycles. The fourth-order valence-corrected chi connectivity index (χ4v) is 4.81. The van der Waals surface area contributed by atoms with Crippen molar-refractivity contribution in [3.05, 3.63) is 114 Å². The first-order chi connectivity index (χ1) is 14.9. The van der Waals surface area contributed by atoms with Crippen LogP contribution in [0.5, 0.6) is 17.2 Å². The molecule has 0 aliphatic carbocycles. The first-order valence-electron chi connectivity index (χ1n) is 9.99. The lowest BCUT2D eigenvalue weighted by Crippen LogP contribution is -2.41. The van der Waals surface area contributed by atoms with Gasteiger partial charge in [0, 0.05) is 22.9 Å². The molecule has 7 rings (SSSR count). The Morgan fingerprint density at radius 3 is 2.07 bits per heavy atom. The molecule has 0 saturated carbocycles. The minimum atomic E-state index is -0.865.